The van der Waals surface area contributed by atoms with Crippen LogP contribution in [0.2, 0.25) is 0 Å². The van der Waals surface area contributed by atoms with Crippen molar-refractivity contribution in [2.45, 2.75) is 39.7 Å². The van der Waals surface area contributed by atoms with Gasteiger partial charge in [-0.3, -0.25) is 4.79 Å². The summed E-state index contributed by atoms with van der Waals surface area (Å²) in [6.07, 6.45) is 7.84. The summed E-state index contributed by atoms with van der Waals surface area (Å²) >= 11 is 0. The van der Waals surface area contributed by atoms with Crippen LogP contribution in [0.3, 0.4) is 0 Å². The number of ether oxygens (including phenoxy) is 1. The number of aliphatic imine (C=N–C) groups is 1. The van der Waals surface area contributed by atoms with Gasteiger partial charge in [-0.25, -0.2) is 4.99 Å². The molecule has 0 spiro atoms. The zero-order valence-corrected chi connectivity index (χ0v) is 12.1. The maximum atomic E-state index is 11.7. The molecule has 0 aromatic rings. The highest BCUT2D eigenvalue weighted by Crippen LogP contribution is 2.12. The first-order chi connectivity index (χ1) is 9.04. The standard InChI is InChI=1S/C15H24N2O2/c1-5-19-15(18)12(2)10-17-11-16-13(3)8-6-7-9-14(17)4/h6,8,11-12,14H,3,5,7,9-10H2,1-2,4H3/b8-6-,16-11-. The second kappa shape index (κ2) is 7.77. The molecule has 4 nitrogen and oxygen atoms in total. The Labute approximate surface area is 115 Å². The molecule has 1 heterocycles. The maximum Gasteiger partial charge on any atom is 0.310 e. The smallest absolute Gasteiger partial charge is 0.310 e. The van der Waals surface area contributed by atoms with Crippen LogP contribution in [0, 0.1) is 5.92 Å². The van der Waals surface area contributed by atoms with Gasteiger partial charge in [-0.05, 0) is 32.8 Å². The Bertz CT molecular complexity index is 374. The van der Waals surface area contributed by atoms with E-state index < -0.39 is 0 Å². The molecule has 0 bridgehead atoms. The van der Waals surface area contributed by atoms with Crippen LogP contribution in [0.25, 0.3) is 0 Å². The van der Waals surface area contributed by atoms with Crippen molar-refractivity contribution < 1.29 is 9.53 Å². The fourth-order valence-corrected chi connectivity index (χ4v) is 1.93. The summed E-state index contributed by atoms with van der Waals surface area (Å²) in [6.45, 7) is 10.8. The van der Waals surface area contributed by atoms with Crippen molar-refractivity contribution in [1.29, 1.82) is 0 Å². The van der Waals surface area contributed by atoms with Gasteiger partial charge in [0.25, 0.3) is 0 Å². The first-order valence-corrected chi connectivity index (χ1v) is 6.86. The first-order valence-electron chi connectivity index (χ1n) is 6.86. The third kappa shape index (κ3) is 5.28. The summed E-state index contributed by atoms with van der Waals surface area (Å²) in [4.78, 5) is 18.1. The van der Waals surface area contributed by atoms with Gasteiger partial charge in [-0.15, -0.1) is 0 Å². The molecule has 0 saturated carbocycles. The van der Waals surface area contributed by atoms with E-state index in [0.717, 1.165) is 18.5 Å². The third-order valence-corrected chi connectivity index (χ3v) is 3.17. The molecule has 1 aliphatic rings. The highest BCUT2D eigenvalue weighted by atomic mass is 16.5. The molecule has 19 heavy (non-hydrogen) atoms. The molecule has 1 rings (SSSR count). The number of allylic oxidation sites excluding steroid dienone is 2. The Morgan fingerprint density at radius 3 is 3.11 bits per heavy atom. The van der Waals surface area contributed by atoms with Gasteiger partial charge >= 0.3 is 5.97 Å². The van der Waals surface area contributed by atoms with E-state index in [4.69, 9.17) is 4.74 Å². The van der Waals surface area contributed by atoms with Gasteiger partial charge in [0.1, 0.15) is 0 Å². The van der Waals surface area contributed by atoms with Gasteiger partial charge in [0.05, 0.1) is 24.6 Å². The van der Waals surface area contributed by atoms with Crippen LogP contribution in [0.1, 0.15) is 33.6 Å². The molecule has 0 aromatic heterocycles. The van der Waals surface area contributed by atoms with Crippen molar-refractivity contribution in [3.63, 3.8) is 0 Å². The van der Waals surface area contributed by atoms with Crippen LogP contribution in [0.15, 0.2) is 29.4 Å². The minimum Gasteiger partial charge on any atom is -0.466 e. The van der Waals surface area contributed by atoms with Gasteiger partial charge in [0.15, 0.2) is 0 Å². The summed E-state index contributed by atoms with van der Waals surface area (Å²) in [5.74, 6) is -0.309. The first kappa shape index (κ1) is 15.5. The number of carbonyl (C=O) groups is 1. The molecule has 1 aliphatic heterocycles. The normalized spacial score (nSPS) is 24.9. The predicted molar refractivity (Wildman–Crippen MR) is 78.0 cm³/mol. The summed E-state index contributed by atoms with van der Waals surface area (Å²) < 4.78 is 5.04. The molecular weight excluding hydrogens is 240 g/mol. The molecule has 0 saturated heterocycles. The van der Waals surface area contributed by atoms with E-state index in [1.54, 1.807) is 6.34 Å². The number of hydrogen-bond acceptors (Lipinski definition) is 4. The number of nitrogens with zero attached hydrogens (tertiary/aromatic N) is 2. The fraction of sp³-hybridized carbons (Fsp3) is 0.600. The van der Waals surface area contributed by atoms with E-state index in [1.807, 2.05) is 19.9 Å². The zero-order chi connectivity index (χ0) is 14.3. The Kier molecular flexibility index (Phi) is 6.33. The van der Waals surface area contributed by atoms with Crippen LogP contribution in [0.4, 0.5) is 0 Å². The number of rotatable bonds is 4. The number of esters is 1. The number of hydrogen-bond donors (Lipinski definition) is 0. The molecule has 0 aromatic carbocycles. The van der Waals surface area contributed by atoms with E-state index in [1.165, 1.54) is 0 Å². The molecule has 2 unspecified atom stereocenters. The summed E-state index contributed by atoms with van der Waals surface area (Å²) in [5.41, 5.74) is 0.739. The Hall–Kier alpha value is -1.58. The third-order valence-electron chi connectivity index (χ3n) is 3.17. The molecule has 106 valence electrons. The molecule has 2 atom stereocenters. The lowest BCUT2D eigenvalue weighted by molar-refractivity contribution is -0.147. The van der Waals surface area contributed by atoms with Crippen molar-refractivity contribution in [1.82, 2.24) is 4.90 Å². The largest absolute Gasteiger partial charge is 0.466 e. The van der Waals surface area contributed by atoms with Crippen LogP contribution in [-0.2, 0) is 9.53 Å². The van der Waals surface area contributed by atoms with Crippen molar-refractivity contribution >= 4 is 12.3 Å². The molecule has 0 aliphatic carbocycles. The minimum absolute atomic E-state index is 0.153. The Balaban J connectivity index is 2.67. The highest BCUT2D eigenvalue weighted by molar-refractivity contribution is 5.72. The van der Waals surface area contributed by atoms with Crippen molar-refractivity contribution in [2.24, 2.45) is 10.9 Å². The lowest BCUT2D eigenvalue weighted by Gasteiger charge is -2.28. The van der Waals surface area contributed by atoms with E-state index in [9.17, 15) is 4.79 Å². The van der Waals surface area contributed by atoms with Gasteiger partial charge in [0, 0.05) is 12.6 Å². The molecule has 0 N–H and O–H groups in total. The molecule has 0 fully saturated rings. The zero-order valence-electron chi connectivity index (χ0n) is 12.1. The second-order valence-electron chi connectivity index (χ2n) is 4.91. The quantitative estimate of drug-likeness (QED) is 0.733. The van der Waals surface area contributed by atoms with E-state index in [2.05, 4.69) is 29.5 Å². The summed E-state index contributed by atoms with van der Waals surface area (Å²) in [5, 5.41) is 0. The minimum atomic E-state index is -0.157. The molecule has 0 radical (unpaired) electrons. The van der Waals surface area contributed by atoms with Crippen LogP contribution in [0.5, 0.6) is 0 Å². The Morgan fingerprint density at radius 1 is 1.68 bits per heavy atom. The highest BCUT2D eigenvalue weighted by Gasteiger charge is 2.20. The summed E-state index contributed by atoms with van der Waals surface area (Å²) in [6, 6.07) is 0.344. The van der Waals surface area contributed by atoms with E-state index >= 15 is 0 Å². The lowest BCUT2D eigenvalue weighted by atomic mass is 10.1. The second-order valence-corrected chi connectivity index (χ2v) is 4.91. The summed E-state index contributed by atoms with van der Waals surface area (Å²) in [7, 11) is 0. The van der Waals surface area contributed by atoms with Crippen molar-refractivity contribution in [2.75, 3.05) is 13.2 Å². The van der Waals surface area contributed by atoms with Gasteiger partial charge in [-0.1, -0.05) is 19.6 Å². The molecule has 0 amide bonds. The van der Waals surface area contributed by atoms with Crippen LogP contribution < -0.4 is 0 Å². The maximum absolute atomic E-state index is 11.7. The Morgan fingerprint density at radius 2 is 2.42 bits per heavy atom. The van der Waals surface area contributed by atoms with E-state index in [-0.39, 0.29) is 11.9 Å². The van der Waals surface area contributed by atoms with Gasteiger partial charge in [0.2, 0.25) is 0 Å². The monoisotopic (exact) mass is 264 g/mol. The van der Waals surface area contributed by atoms with Gasteiger partial charge in [-0.2, -0.15) is 0 Å². The van der Waals surface area contributed by atoms with E-state index in [0.29, 0.717) is 19.2 Å². The fourth-order valence-electron chi connectivity index (χ4n) is 1.93. The van der Waals surface area contributed by atoms with Crippen LogP contribution in [-0.4, -0.2) is 36.4 Å². The van der Waals surface area contributed by atoms with Crippen molar-refractivity contribution in [3.8, 4) is 0 Å². The SMILES string of the molecule is C=C1/C=C\CCC(C)N(CC(C)C(=O)OCC)/C=N\1. The molecule has 4 heteroatoms. The molecular formula is C15H24N2O2. The van der Waals surface area contributed by atoms with Crippen molar-refractivity contribution in [3.05, 3.63) is 24.4 Å². The van der Waals surface area contributed by atoms with Gasteiger partial charge < -0.3 is 9.64 Å². The van der Waals surface area contributed by atoms with Crippen LogP contribution >= 0.6 is 0 Å². The average Bonchev–Trinajstić information content (AvgIpc) is 2.45. The number of carbonyl (C=O) groups excluding carboxylic acids is 1. The lowest BCUT2D eigenvalue weighted by Crippen LogP contribution is -2.37. The average molecular weight is 264 g/mol. The predicted octanol–water partition coefficient (Wildman–Crippen LogP) is 2.77. The topological polar surface area (TPSA) is 41.9 Å².